The van der Waals surface area contributed by atoms with Gasteiger partial charge in [-0.05, 0) is 45.8 Å². The SMILES string of the molecule is CCCC(NCCC1CCCCN1C)C(=O)O. The third-order valence-electron chi connectivity index (χ3n) is 3.67. The maximum absolute atomic E-state index is 11.0. The Morgan fingerprint density at radius 1 is 1.53 bits per heavy atom. The Morgan fingerprint density at radius 3 is 2.88 bits per heavy atom. The van der Waals surface area contributed by atoms with Crippen molar-refractivity contribution < 1.29 is 9.90 Å². The Labute approximate surface area is 104 Å². The molecule has 0 radical (unpaired) electrons. The Morgan fingerprint density at radius 2 is 2.29 bits per heavy atom. The number of nitrogens with zero attached hydrogens (tertiary/aromatic N) is 1. The summed E-state index contributed by atoms with van der Waals surface area (Å²) < 4.78 is 0. The zero-order valence-electron chi connectivity index (χ0n) is 11.1. The highest BCUT2D eigenvalue weighted by atomic mass is 16.4. The second kappa shape index (κ2) is 7.67. The third kappa shape index (κ3) is 5.04. The van der Waals surface area contributed by atoms with E-state index in [4.69, 9.17) is 5.11 Å². The molecule has 0 amide bonds. The molecule has 1 aliphatic rings. The number of piperidine rings is 1. The van der Waals surface area contributed by atoms with Crippen molar-refractivity contribution in [1.29, 1.82) is 0 Å². The van der Waals surface area contributed by atoms with Crippen LogP contribution in [-0.2, 0) is 4.79 Å². The Kier molecular flexibility index (Phi) is 6.52. The van der Waals surface area contributed by atoms with Crippen molar-refractivity contribution in [3.63, 3.8) is 0 Å². The van der Waals surface area contributed by atoms with Crippen LogP contribution in [0.1, 0.15) is 45.4 Å². The second-order valence-electron chi connectivity index (χ2n) is 5.05. The van der Waals surface area contributed by atoms with E-state index in [0.717, 1.165) is 25.8 Å². The first kappa shape index (κ1) is 14.5. The van der Waals surface area contributed by atoms with E-state index < -0.39 is 5.97 Å². The molecule has 1 saturated heterocycles. The lowest BCUT2D eigenvalue weighted by molar-refractivity contribution is -0.139. The Balaban J connectivity index is 2.22. The van der Waals surface area contributed by atoms with Gasteiger partial charge in [0, 0.05) is 6.04 Å². The van der Waals surface area contributed by atoms with Crippen LogP contribution in [0.15, 0.2) is 0 Å². The van der Waals surface area contributed by atoms with Crippen molar-refractivity contribution in [3.8, 4) is 0 Å². The van der Waals surface area contributed by atoms with E-state index in [1.807, 2.05) is 6.92 Å². The maximum atomic E-state index is 11.0. The molecule has 2 N–H and O–H groups in total. The molecular formula is C13H26N2O2. The van der Waals surface area contributed by atoms with Gasteiger partial charge in [-0.2, -0.15) is 0 Å². The van der Waals surface area contributed by atoms with Crippen LogP contribution >= 0.6 is 0 Å². The number of rotatable bonds is 7. The van der Waals surface area contributed by atoms with E-state index in [-0.39, 0.29) is 6.04 Å². The van der Waals surface area contributed by atoms with Gasteiger partial charge in [0.2, 0.25) is 0 Å². The average molecular weight is 242 g/mol. The molecule has 1 rings (SSSR count). The number of carboxylic acid groups (broad SMARTS) is 1. The van der Waals surface area contributed by atoms with Gasteiger partial charge >= 0.3 is 5.97 Å². The van der Waals surface area contributed by atoms with Crippen LogP contribution in [0, 0.1) is 0 Å². The first-order chi connectivity index (χ1) is 8.15. The summed E-state index contributed by atoms with van der Waals surface area (Å²) in [5, 5.41) is 12.2. The fourth-order valence-corrected chi connectivity index (χ4v) is 2.53. The minimum Gasteiger partial charge on any atom is -0.480 e. The maximum Gasteiger partial charge on any atom is 0.320 e. The summed E-state index contributed by atoms with van der Waals surface area (Å²) in [6.45, 7) is 4.01. The van der Waals surface area contributed by atoms with Gasteiger partial charge in [-0.1, -0.05) is 19.8 Å². The van der Waals surface area contributed by atoms with Gasteiger partial charge in [-0.15, -0.1) is 0 Å². The number of carboxylic acids is 1. The molecule has 0 aliphatic carbocycles. The highest BCUT2D eigenvalue weighted by Gasteiger charge is 2.20. The van der Waals surface area contributed by atoms with Crippen LogP contribution in [0.2, 0.25) is 0 Å². The second-order valence-corrected chi connectivity index (χ2v) is 5.05. The largest absolute Gasteiger partial charge is 0.480 e. The van der Waals surface area contributed by atoms with Crippen molar-refractivity contribution in [2.75, 3.05) is 20.1 Å². The zero-order chi connectivity index (χ0) is 12.7. The van der Waals surface area contributed by atoms with Crippen LogP contribution in [0.25, 0.3) is 0 Å². The van der Waals surface area contributed by atoms with Gasteiger partial charge in [0.05, 0.1) is 0 Å². The predicted octanol–water partition coefficient (Wildman–Crippen LogP) is 1.70. The van der Waals surface area contributed by atoms with Gasteiger partial charge in [-0.25, -0.2) is 0 Å². The quantitative estimate of drug-likeness (QED) is 0.713. The molecule has 0 aromatic carbocycles. The molecule has 4 nitrogen and oxygen atoms in total. The molecule has 0 bridgehead atoms. The predicted molar refractivity (Wildman–Crippen MR) is 69.2 cm³/mol. The topological polar surface area (TPSA) is 52.6 Å². The molecule has 2 atom stereocenters. The summed E-state index contributed by atoms with van der Waals surface area (Å²) in [5.74, 6) is -0.719. The van der Waals surface area contributed by atoms with Crippen molar-refractivity contribution in [2.45, 2.75) is 57.5 Å². The molecule has 1 aliphatic heterocycles. The van der Waals surface area contributed by atoms with Gasteiger partial charge in [0.1, 0.15) is 6.04 Å². The lowest BCUT2D eigenvalue weighted by Crippen LogP contribution is -2.42. The lowest BCUT2D eigenvalue weighted by Gasteiger charge is -2.32. The van der Waals surface area contributed by atoms with Gasteiger partial charge < -0.3 is 15.3 Å². The molecule has 1 fully saturated rings. The summed E-state index contributed by atoms with van der Waals surface area (Å²) in [5.41, 5.74) is 0. The van der Waals surface area contributed by atoms with Crippen LogP contribution in [0.5, 0.6) is 0 Å². The Hall–Kier alpha value is -0.610. The molecule has 100 valence electrons. The minimum absolute atomic E-state index is 0.367. The molecule has 0 aromatic heterocycles. The first-order valence-electron chi connectivity index (χ1n) is 6.81. The van der Waals surface area contributed by atoms with Crippen LogP contribution < -0.4 is 5.32 Å². The molecule has 0 aromatic rings. The van der Waals surface area contributed by atoms with Gasteiger partial charge in [0.15, 0.2) is 0 Å². The van der Waals surface area contributed by atoms with E-state index >= 15 is 0 Å². The van der Waals surface area contributed by atoms with Gasteiger partial charge in [-0.3, -0.25) is 4.79 Å². The summed E-state index contributed by atoms with van der Waals surface area (Å²) in [6.07, 6.45) is 6.55. The van der Waals surface area contributed by atoms with Crippen molar-refractivity contribution in [2.24, 2.45) is 0 Å². The summed E-state index contributed by atoms with van der Waals surface area (Å²) in [4.78, 5) is 13.4. The van der Waals surface area contributed by atoms with Crippen LogP contribution in [-0.4, -0.2) is 48.2 Å². The summed E-state index contributed by atoms with van der Waals surface area (Å²) >= 11 is 0. The number of likely N-dealkylation sites (tertiary alicyclic amines) is 1. The van der Waals surface area contributed by atoms with E-state index in [1.165, 1.54) is 25.8 Å². The van der Waals surface area contributed by atoms with E-state index in [2.05, 4.69) is 17.3 Å². The lowest BCUT2D eigenvalue weighted by atomic mass is 10.00. The molecule has 17 heavy (non-hydrogen) atoms. The third-order valence-corrected chi connectivity index (χ3v) is 3.67. The molecular weight excluding hydrogens is 216 g/mol. The van der Waals surface area contributed by atoms with E-state index in [9.17, 15) is 4.79 Å². The summed E-state index contributed by atoms with van der Waals surface area (Å²) in [6, 6.07) is 0.265. The molecule has 1 heterocycles. The fourth-order valence-electron chi connectivity index (χ4n) is 2.53. The molecule has 2 unspecified atom stereocenters. The number of nitrogens with one attached hydrogen (secondary N) is 1. The van der Waals surface area contributed by atoms with E-state index in [1.54, 1.807) is 0 Å². The van der Waals surface area contributed by atoms with Crippen molar-refractivity contribution in [3.05, 3.63) is 0 Å². The summed E-state index contributed by atoms with van der Waals surface area (Å²) in [7, 11) is 2.17. The van der Waals surface area contributed by atoms with Crippen LogP contribution in [0.3, 0.4) is 0 Å². The number of hydrogen-bond acceptors (Lipinski definition) is 3. The molecule has 4 heteroatoms. The van der Waals surface area contributed by atoms with Crippen LogP contribution in [0.4, 0.5) is 0 Å². The molecule has 0 saturated carbocycles. The van der Waals surface area contributed by atoms with Crippen molar-refractivity contribution in [1.82, 2.24) is 10.2 Å². The normalized spacial score (nSPS) is 23.5. The standard InChI is InChI=1S/C13H26N2O2/c1-3-6-12(13(16)17)14-9-8-11-7-4-5-10-15(11)2/h11-12,14H,3-10H2,1-2H3,(H,16,17). The smallest absolute Gasteiger partial charge is 0.320 e. The highest BCUT2D eigenvalue weighted by Crippen LogP contribution is 2.17. The number of carbonyl (C=O) groups is 1. The van der Waals surface area contributed by atoms with Gasteiger partial charge in [0.25, 0.3) is 0 Å². The minimum atomic E-state index is -0.719. The number of aliphatic carboxylic acids is 1. The van der Waals surface area contributed by atoms with E-state index in [0.29, 0.717) is 6.04 Å². The average Bonchev–Trinajstić information content (AvgIpc) is 2.30. The Bertz CT molecular complexity index is 233. The molecule has 0 spiro atoms. The fraction of sp³-hybridized carbons (Fsp3) is 0.923. The monoisotopic (exact) mass is 242 g/mol. The highest BCUT2D eigenvalue weighted by molar-refractivity contribution is 5.73. The number of hydrogen-bond donors (Lipinski definition) is 2. The first-order valence-corrected chi connectivity index (χ1v) is 6.81. The zero-order valence-corrected chi connectivity index (χ0v) is 11.1. The van der Waals surface area contributed by atoms with Crippen molar-refractivity contribution >= 4 is 5.97 Å².